The number of benzene rings is 4. The Morgan fingerprint density at radius 1 is 0.411 bits per heavy atom. The number of hydrogen-bond acceptors (Lipinski definition) is 22. The summed E-state index contributed by atoms with van der Waals surface area (Å²) in [6.45, 7) is 0. The van der Waals surface area contributed by atoms with Gasteiger partial charge in [-0.25, -0.2) is 0 Å². The highest BCUT2D eigenvalue weighted by Gasteiger charge is 2.70. The van der Waals surface area contributed by atoms with Gasteiger partial charge in [0.15, 0.2) is 92.1 Å². The number of aromatic hydroxyl groups is 12. The Morgan fingerprint density at radius 3 is 1.00 bits per heavy atom. The molecule has 5 atom stereocenters. The van der Waals surface area contributed by atoms with Gasteiger partial charge in [0.05, 0.1) is 0 Å². The topological polar surface area (TPSA) is 429 Å². The minimum atomic E-state index is -4.95. The molecule has 296 valence electrons. The van der Waals surface area contributed by atoms with Crippen LogP contribution in [0.15, 0.2) is 48.5 Å². The maximum absolute atomic E-state index is 14.3. The second-order valence-electron chi connectivity index (χ2n) is 12.0. The van der Waals surface area contributed by atoms with Gasteiger partial charge >= 0.3 is 0 Å². The predicted octanol–water partition coefficient (Wildman–Crippen LogP) is -1.90. The molecule has 0 saturated carbocycles. The number of ketones is 5. The molecule has 0 saturated heterocycles. The molecular weight excluding hydrogens is 760 g/mol. The van der Waals surface area contributed by atoms with Crippen molar-refractivity contribution in [1.82, 2.24) is 0 Å². The summed E-state index contributed by atoms with van der Waals surface area (Å²) in [6, 6.07) is 1.86. The van der Waals surface area contributed by atoms with Crippen molar-refractivity contribution in [2.24, 2.45) is 0 Å². The number of rotatable bonds is 13. The summed E-state index contributed by atoms with van der Waals surface area (Å²) in [6.07, 6.45) is -11.2. The lowest BCUT2D eigenvalue weighted by Gasteiger charge is -2.46. The van der Waals surface area contributed by atoms with Crippen LogP contribution in [-0.2, 0) is 4.79 Å². The molecule has 0 aliphatic rings. The predicted molar refractivity (Wildman–Crippen MR) is 176 cm³/mol. The van der Waals surface area contributed by atoms with Crippen LogP contribution in [0.4, 0.5) is 0 Å². The van der Waals surface area contributed by atoms with Gasteiger partial charge in [-0.3, -0.25) is 24.0 Å². The van der Waals surface area contributed by atoms with Gasteiger partial charge in [-0.2, -0.15) is 0 Å². The normalized spacial score (nSPS) is 15.1. The summed E-state index contributed by atoms with van der Waals surface area (Å²) in [5.74, 6) is -27.5. The Kier molecular flexibility index (Phi) is 10.7. The van der Waals surface area contributed by atoms with E-state index in [1.807, 2.05) is 0 Å². The van der Waals surface area contributed by atoms with Crippen LogP contribution in [0.5, 0.6) is 69.0 Å². The number of hydrogen-bond donors (Lipinski definition) is 17. The lowest BCUT2D eigenvalue weighted by molar-refractivity contribution is -0.201. The Bertz CT molecular complexity index is 2240. The summed E-state index contributed by atoms with van der Waals surface area (Å²) in [4.78, 5) is 68.9. The molecule has 0 amide bonds. The van der Waals surface area contributed by atoms with Crippen LogP contribution in [0.25, 0.3) is 0 Å². The maximum Gasteiger partial charge on any atom is 0.235 e. The minimum absolute atomic E-state index is 0.149. The highest BCUT2D eigenvalue weighted by molar-refractivity contribution is 6.46. The third-order valence-corrected chi connectivity index (χ3v) is 8.49. The molecular formula is C34H28O22. The number of carbonyl (C=O) groups is 5. The molecule has 4 aromatic carbocycles. The molecule has 0 spiro atoms. The van der Waals surface area contributed by atoms with Crippen molar-refractivity contribution in [2.75, 3.05) is 0 Å². The lowest BCUT2D eigenvalue weighted by Crippen LogP contribution is -2.77. The van der Waals surface area contributed by atoms with Gasteiger partial charge in [-0.15, -0.1) is 0 Å². The number of aliphatic hydroxyl groups excluding tert-OH is 3. The van der Waals surface area contributed by atoms with E-state index in [2.05, 4.69) is 0 Å². The molecule has 56 heavy (non-hydrogen) atoms. The number of carbonyl (C=O) groups excluding carboxylic acids is 5. The molecule has 22 nitrogen and oxygen atoms in total. The van der Waals surface area contributed by atoms with Crippen molar-refractivity contribution >= 4 is 28.9 Å². The van der Waals surface area contributed by atoms with E-state index in [1.54, 1.807) is 0 Å². The first-order chi connectivity index (χ1) is 25.8. The minimum Gasteiger partial charge on any atom is -0.504 e. The number of Topliss-reactive ketones (excluding diaryl/α,β-unsaturated/α-hetero) is 5. The third-order valence-electron chi connectivity index (χ3n) is 8.49. The van der Waals surface area contributed by atoms with Crippen LogP contribution in [0, 0.1) is 0 Å². The molecule has 0 fully saturated rings. The van der Waals surface area contributed by atoms with Crippen molar-refractivity contribution in [3.63, 3.8) is 0 Å². The van der Waals surface area contributed by atoms with Crippen molar-refractivity contribution in [3.05, 3.63) is 70.8 Å². The quantitative estimate of drug-likeness (QED) is 0.0399. The average Bonchev–Trinajstić information content (AvgIpc) is 3.15. The van der Waals surface area contributed by atoms with Gasteiger partial charge in [-0.05, 0) is 48.5 Å². The summed E-state index contributed by atoms with van der Waals surface area (Å²) in [5, 5.41) is 177. The molecule has 0 aliphatic heterocycles. The first-order valence-electron chi connectivity index (χ1n) is 15.0. The van der Waals surface area contributed by atoms with E-state index in [1.165, 1.54) is 0 Å². The fraction of sp³-hybridized carbons (Fsp3) is 0.147. The van der Waals surface area contributed by atoms with E-state index >= 15 is 0 Å². The smallest absolute Gasteiger partial charge is 0.235 e. The van der Waals surface area contributed by atoms with Gasteiger partial charge < -0.3 is 86.8 Å². The van der Waals surface area contributed by atoms with Crippen LogP contribution < -0.4 is 0 Å². The second kappa shape index (κ2) is 14.5. The summed E-state index contributed by atoms with van der Waals surface area (Å²) < 4.78 is 0. The first-order valence-corrected chi connectivity index (χ1v) is 15.0. The second-order valence-corrected chi connectivity index (χ2v) is 12.0. The average molecular weight is 789 g/mol. The van der Waals surface area contributed by atoms with Crippen LogP contribution in [0.1, 0.15) is 41.4 Å². The molecule has 1 unspecified atom stereocenters. The zero-order valence-electron chi connectivity index (χ0n) is 27.5. The van der Waals surface area contributed by atoms with E-state index in [-0.39, 0.29) is 36.4 Å². The Balaban J connectivity index is 2.09. The Hall–Kier alpha value is -7.37. The number of aliphatic hydroxyl groups is 5. The highest BCUT2D eigenvalue weighted by atomic mass is 16.4. The molecule has 0 heterocycles. The highest BCUT2D eigenvalue weighted by Crippen LogP contribution is 2.45. The van der Waals surface area contributed by atoms with Gasteiger partial charge in [0.2, 0.25) is 23.1 Å². The third kappa shape index (κ3) is 6.56. The monoisotopic (exact) mass is 788 g/mol. The van der Waals surface area contributed by atoms with E-state index in [0.717, 1.165) is 0 Å². The fourth-order valence-electron chi connectivity index (χ4n) is 5.43. The molecule has 4 rings (SSSR count). The molecule has 0 bridgehead atoms. The van der Waals surface area contributed by atoms with Crippen LogP contribution >= 0.6 is 0 Å². The summed E-state index contributed by atoms with van der Waals surface area (Å²) in [7, 11) is 0. The summed E-state index contributed by atoms with van der Waals surface area (Å²) >= 11 is 0. The standard InChI is InChI=1S/C34H28O22/c35-13-1-9(2-14(36)23(13)45)21(43)27(49)31(53)33(55,29(51)11-5-17(39)25(47)18(40)6-11)34(56,30(52)12-7-19(41)26(48)20(42)8-12)32(54)28(50)22(44)10-3-15(37)24(46)16(38)4-10/h1-8,27,31-32,35-42,45-49,53-56H/t27?,31-,32+,33-,34-/m1/s1. The van der Waals surface area contributed by atoms with Crippen molar-refractivity contribution in [2.45, 2.75) is 29.5 Å². The van der Waals surface area contributed by atoms with Gasteiger partial charge in [0.1, 0.15) is 12.2 Å². The number of phenolic OH excluding ortho intramolecular Hbond substituents is 12. The van der Waals surface area contributed by atoms with E-state index in [0.29, 0.717) is 12.1 Å². The van der Waals surface area contributed by atoms with Crippen molar-refractivity contribution in [1.29, 1.82) is 0 Å². The fourth-order valence-corrected chi connectivity index (χ4v) is 5.43. The van der Waals surface area contributed by atoms with Crippen LogP contribution in [0.2, 0.25) is 0 Å². The number of phenols is 12. The molecule has 0 radical (unpaired) electrons. The molecule has 0 aromatic heterocycles. The first kappa shape index (κ1) is 41.4. The van der Waals surface area contributed by atoms with Gasteiger partial charge in [0, 0.05) is 22.3 Å². The van der Waals surface area contributed by atoms with Crippen LogP contribution in [0.3, 0.4) is 0 Å². The van der Waals surface area contributed by atoms with Crippen molar-refractivity contribution in [3.8, 4) is 69.0 Å². The zero-order valence-corrected chi connectivity index (χ0v) is 27.5. The Morgan fingerprint density at radius 2 is 0.679 bits per heavy atom. The molecule has 4 aromatic rings. The Labute approximate surface area is 309 Å². The van der Waals surface area contributed by atoms with E-state index in [4.69, 9.17) is 0 Å². The van der Waals surface area contributed by atoms with Crippen molar-refractivity contribution < 1.29 is 111 Å². The SMILES string of the molecule is O=C(C(=O)[C@H](O)[C@](O)(C(=O)c1cc(O)c(O)c(O)c1)[C@@](O)(C(=O)c1cc(O)c(O)c(O)c1)[C@H](O)C(O)C(=O)c1cc(O)c(O)c(O)c1)c1cc(O)c(O)c(O)c1. The van der Waals surface area contributed by atoms with E-state index in [9.17, 15) is 111 Å². The van der Waals surface area contributed by atoms with Gasteiger partial charge in [-0.1, -0.05) is 0 Å². The summed E-state index contributed by atoms with van der Waals surface area (Å²) in [5.41, 5.74) is -14.9. The zero-order chi connectivity index (χ0) is 42.5. The van der Waals surface area contributed by atoms with E-state index < -0.39 is 150 Å². The van der Waals surface area contributed by atoms with Crippen LogP contribution in [-0.4, -0.2) is 145 Å². The largest absolute Gasteiger partial charge is 0.504 e. The lowest BCUT2D eigenvalue weighted by atomic mass is 9.64. The molecule has 0 aliphatic carbocycles. The molecule has 17 N–H and O–H groups in total. The molecule has 22 heteroatoms. The van der Waals surface area contributed by atoms with Gasteiger partial charge in [0.25, 0.3) is 0 Å². The maximum atomic E-state index is 14.3.